The average Bonchev–Trinajstić information content (AvgIpc) is 2.76. The lowest BCUT2D eigenvalue weighted by molar-refractivity contribution is 0.191. The minimum absolute atomic E-state index is 0.584. The molecule has 110 valence electrons. The van der Waals surface area contributed by atoms with E-state index in [0.29, 0.717) is 5.88 Å². The number of methoxy groups -OCH3 is 1. The summed E-state index contributed by atoms with van der Waals surface area (Å²) in [5.74, 6) is 1.63. The number of rotatable bonds is 8. The number of aromatic nitrogens is 2. The number of benzene rings is 1. The van der Waals surface area contributed by atoms with Crippen molar-refractivity contribution in [3.8, 4) is 0 Å². The summed E-state index contributed by atoms with van der Waals surface area (Å²) in [4.78, 5) is 4.65. The first-order chi connectivity index (χ1) is 9.76. The van der Waals surface area contributed by atoms with Crippen molar-refractivity contribution in [3.05, 3.63) is 29.0 Å². The second-order valence-corrected chi connectivity index (χ2v) is 5.62. The van der Waals surface area contributed by atoms with Crippen LogP contribution in [0, 0.1) is 0 Å². The third-order valence-electron chi connectivity index (χ3n) is 3.34. The number of nitrogens with zero attached hydrogens (tertiary/aromatic N) is 2. The molecular weight excluding hydrogens is 295 g/mol. The quantitative estimate of drug-likeness (QED) is 0.537. The molecule has 2 rings (SSSR count). The highest BCUT2D eigenvalue weighted by atomic mass is 35.5. The van der Waals surface area contributed by atoms with Crippen LogP contribution in [0.2, 0.25) is 5.02 Å². The van der Waals surface area contributed by atoms with Gasteiger partial charge in [-0.15, -0.1) is 11.6 Å². The maximum atomic E-state index is 6.10. The predicted molar refractivity (Wildman–Crippen MR) is 84.9 cm³/mol. The third-order valence-corrected chi connectivity index (χ3v) is 3.76. The molecule has 0 unspecified atom stereocenters. The zero-order valence-corrected chi connectivity index (χ0v) is 13.3. The van der Waals surface area contributed by atoms with E-state index in [-0.39, 0.29) is 0 Å². The van der Waals surface area contributed by atoms with Crippen LogP contribution in [0.5, 0.6) is 0 Å². The summed E-state index contributed by atoms with van der Waals surface area (Å²) in [5.41, 5.74) is 2.09. The van der Waals surface area contributed by atoms with Gasteiger partial charge in [-0.25, -0.2) is 4.98 Å². The van der Waals surface area contributed by atoms with Crippen LogP contribution in [0.15, 0.2) is 18.2 Å². The number of halogens is 2. The van der Waals surface area contributed by atoms with E-state index in [1.165, 1.54) is 0 Å². The molecule has 0 fully saturated rings. The topological polar surface area (TPSA) is 27.1 Å². The molecule has 1 aromatic carbocycles. The zero-order chi connectivity index (χ0) is 14.4. The fourth-order valence-corrected chi connectivity index (χ4v) is 2.70. The molecule has 0 saturated heterocycles. The molecule has 0 N–H and O–H groups in total. The molecule has 1 aromatic heterocycles. The van der Waals surface area contributed by atoms with Crippen LogP contribution in [-0.4, -0.2) is 29.1 Å². The van der Waals surface area contributed by atoms with E-state index in [2.05, 4.69) is 9.55 Å². The summed E-state index contributed by atoms with van der Waals surface area (Å²) in [5, 5.41) is 0.746. The minimum atomic E-state index is 0.584. The van der Waals surface area contributed by atoms with Gasteiger partial charge < -0.3 is 9.30 Å². The summed E-state index contributed by atoms with van der Waals surface area (Å²) < 4.78 is 7.32. The van der Waals surface area contributed by atoms with Gasteiger partial charge in [0.25, 0.3) is 0 Å². The Morgan fingerprint density at radius 2 is 2.10 bits per heavy atom. The Hall–Kier alpha value is -0.770. The van der Waals surface area contributed by atoms with Crippen molar-refractivity contribution < 1.29 is 4.74 Å². The molecule has 0 saturated carbocycles. The largest absolute Gasteiger partial charge is 0.385 e. The maximum absolute atomic E-state index is 6.10. The molecule has 2 aromatic rings. The van der Waals surface area contributed by atoms with Gasteiger partial charge in [-0.3, -0.25) is 0 Å². The molecule has 0 bridgehead atoms. The molecule has 0 amide bonds. The molecule has 0 aliphatic rings. The van der Waals surface area contributed by atoms with Crippen LogP contribution in [0.25, 0.3) is 11.0 Å². The highest BCUT2D eigenvalue weighted by Crippen LogP contribution is 2.22. The highest BCUT2D eigenvalue weighted by molar-refractivity contribution is 6.31. The average molecular weight is 315 g/mol. The van der Waals surface area contributed by atoms with Crippen LogP contribution >= 0.6 is 23.2 Å². The van der Waals surface area contributed by atoms with Crippen molar-refractivity contribution >= 4 is 34.2 Å². The van der Waals surface area contributed by atoms with Gasteiger partial charge in [0.2, 0.25) is 0 Å². The normalized spacial score (nSPS) is 11.3. The van der Waals surface area contributed by atoms with Crippen LogP contribution in [0.4, 0.5) is 0 Å². The first-order valence-electron chi connectivity index (χ1n) is 6.96. The van der Waals surface area contributed by atoms with Crippen LogP contribution in [0.3, 0.4) is 0 Å². The summed E-state index contributed by atoms with van der Waals surface area (Å²) in [6.07, 6.45) is 4.13. The zero-order valence-electron chi connectivity index (χ0n) is 11.7. The number of aryl methyl sites for hydroxylation is 2. The van der Waals surface area contributed by atoms with Gasteiger partial charge >= 0.3 is 0 Å². The lowest BCUT2D eigenvalue weighted by atomic mass is 10.2. The first-order valence-corrected chi connectivity index (χ1v) is 7.87. The van der Waals surface area contributed by atoms with E-state index in [1.807, 2.05) is 18.2 Å². The molecule has 3 nitrogen and oxygen atoms in total. The number of fused-ring (bicyclic) bond motifs is 1. The van der Waals surface area contributed by atoms with Crippen LogP contribution in [-0.2, 0) is 17.7 Å². The smallest absolute Gasteiger partial charge is 0.111 e. The standard InChI is InChI=1S/C15H20Cl2N2O/c1-20-10-4-2-3-9-19-14-11-12(17)5-6-13(14)18-15(19)7-8-16/h5-6,11H,2-4,7-10H2,1H3. The number of ether oxygens (including phenoxy) is 1. The molecule has 0 spiro atoms. The lowest BCUT2D eigenvalue weighted by Gasteiger charge is -2.08. The van der Waals surface area contributed by atoms with Crippen LogP contribution in [0.1, 0.15) is 25.1 Å². The molecule has 0 aliphatic carbocycles. The number of alkyl halides is 1. The number of hydrogen-bond acceptors (Lipinski definition) is 2. The molecular formula is C15H20Cl2N2O. The highest BCUT2D eigenvalue weighted by Gasteiger charge is 2.10. The van der Waals surface area contributed by atoms with E-state index in [0.717, 1.165) is 60.7 Å². The Labute approximate surface area is 129 Å². The van der Waals surface area contributed by atoms with Gasteiger partial charge in [0.1, 0.15) is 5.82 Å². The fraction of sp³-hybridized carbons (Fsp3) is 0.533. The second-order valence-electron chi connectivity index (χ2n) is 4.81. The lowest BCUT2D eigenvalue weighted by Crippen LogP contribution is -2.05. The minimum Gasteiger partial charge on any atom is -0.385 e. The van der Waals surface area contributed by atoms with Gasteiger partial charge in [-0.05, 0) is 37.5 Å². The third kappa shape index (κ3) is 3.87. The Morgan fingerprint density at radius 1 is 1.25 bits per heavy atom. The van der Waals surface area contributed by atoms with Crippen molar-refractivity contribution in [2.45, 2.75) is 32.2 Å². The van der Waals surface area contributed by atoms with Crippen molar-refractivity contribution in [1.29, 1.82) is 0 Å². The van der Waals surface area contributed by atoms with Gasteiger partial charge in [0, 0.05) is 37.6 Å². The van der Waals surface area contributed by atoms with Crippen molar-refractivity contribution in [2.24, 2.45) is 0 Å². The molecule has 20 heavy (non-hydrogen) atoms. The van der Waals surface area contributed by atoms with Crippen molar-refractivity contribution in [3.63, 3.8) is 0 Å². The van der Waals surface area contributed by atoms with E-state index in [4.69, 9.17) is 27.9 Å². The Balaban J connectivity index is 2.15. The van der Waals surface area contributed by atoms with E-state index < -0.39 is 0 Å². The maximum Gasteiger partial charge on any atom is 0.111 e. The Morgan fingerprint density at radius 3 is 2.85 bits per heavy atom. The van der Waals surface area contributed by atoms with Crippen LogP contribution < -0.4 is 0 Å². The summed E-state index contributed by atoms with van der Waals surface area (Å²) in [6.45, 7) is 1.78. The fourth-order valence-electron chi connectivity index (χ4n) is 2.36. The van der Waals surface area contributed by atoms with E-state index in [9.17, 15) is 0 Å². The Bertz CT molecular complexity index is 554. The predicted octanol–water partition coefficient (Wildman–Crippen LogP) is 4.29. The van der Waals surface area contributed by atoms with Gasteiger partial charge in [0.05, 0.1) is 11.0 Å². The first kappa shape index (κ1) is 15.6. The number of imidazole rings is 1. The summed E-state index contributed by atoms with van der Waals surface area (Å²) in [7, 11) is 1.74. The SMILES string of the molecule is COCCCCCn1c(CCCl)nc2ccc(Cl)cc21. The van der Waals surface area contributed by atoms with E-state index >= 15 is 0 Å². The molecule has 0 radical (unpaired) electrons. The Kier molecular flexibility index (Phi) is 6.14. The molecule has 0 atom stereocenters. The van der Waals surface area contributed by atoms with Gasteiger partial charge in [-0.1, -0.05) is 11.6 Å². The number of hydrogen-bond donors (Lipinski definition) is 0. The van der Waals surface area contributed by atoms with Gasteiger partial charge in [-0.2, -0.15) is 0 Å². The van der Waals surface area contributed by atoms with Crippen molar-refractivity contribution in [1.82, 2.24) is 9.55 Å². The molecule has 5 heteroatoms. The molecule has 1 heterocycles. The molecule has 0 aliphatic heterocycles. The monoisotopic (exact) mass is 314 g/mol. The number of unbranched alkanes of at least 4 members (excludes halogenated alkanes) is 2. The second kappa shape index (κ2) is 7.87. The van der Waals surface area contributed by atoms with E-state index in [1.54, 1.807) is 7.11 Å². The summed E-state index contributed by atoms with van der Waals surface area (Å²) >= 11 is 12.0. The van der Waals surface area contributed by atoms with Gasteiger partial charge in [0.15, 0.2) is 0 Å². The summed E-state index contributed by atoms with van der Waals surface area (Å²) in [6, 6.07) is 5.83. The van der Waals surface area contributed by atoms with Crippen molar-refractivity contribution in [2.75, 3.05) is 19.6 Å².